The number of nitrogens with one attached hydrogen (secondary N) is 1. The standard InChI is InChI=1S/C15H24N2O3S/c1-6-7-15(4,5)17-14(18)12-9-13(21(16,19)20)11(3)8-10(12)2/h8-9H,6-7H2,1-5H3,(H,17,18)(H2,16,19,20). The topological polar surface area (TPSA) is 89.3 Å². The Morgan fingerprint density at radius 2 is 1.81 bits per heavy atom. The van der Waals surface area contributed by atoms with Crippen LogP contribution in [0.1, 0.15) is 55.1 Å². The second-order valence-electron chi connectivity index (χ2n) is 6.07. The predicted molar refractivity (Wildman–Crippen MR) is 83.7 cm³/mol. The van der Waals surface area contributed by atoms with Crippen molar-refractivity contribution < 1.29 is 13.2 Å². The van der Waals surface area contributed by atoms with E-state index in [-0.39, 0.29) is 16.3 Å². The molecule has 6 heteroatoms. The number of hydrogen-bond donors (Lipinski definition) is 2. The van der Waals surface area contributed by atoms with Crippen molar-refractivity contribution in [2.24, 2.45) is 5.14 Å². The third kappa shape index (κ3) is 4.54. The normalized spacial score (nSPS) is 12.3. The van der Waals surface area contributed by atoms with E-state index in [0.717, 1.165) is 18.4 Å². The first-order valence-electron chi connectivity index (χ1n) is 6.94. The summed E-state index contributed by atoms with van der Waals surface area (Å²) in [6, 6.07) is 3.03. The molecule has 1 aromatic carbocycles. The molecular weight excluding hydrogens is 288 g/mol. The molecule has 21 heavy (non-hydrogen) atoms. The Kier molecular flexibility index (Phi) is 5.17. The van der Waals surface area contributed by atoms with E-state index in [1.54, 1.807) is 19.9 Å². The molecule has 0 heterocycles. The minimum atomic E-state index is -3.84. The van der Waals surface area contributed by atoms with Crippen LogP contribution in [0.25, 0.3) is 0 Å². The van der Waals surface area contributed by atoms with Crippen LogP contribution in [-0.2, 0) is 10.0 Å². The summed E-state index contributed by atoms with van der Waals surface area (Å²) in [5.74, 6) is -0.282. The zero-order chi connectivity index (χ0) is 16.4. The molecule has 0 fully saturated rings. The van der Waals surface area contributed by atoms with E-state index < -0.39 is 10.0 Å². The van der Waals surface area contributed by atoms with Crippen LogP contribution in [0.4, 0.5) is 0 Å². The lowest BCUT2D eigenvalue weighted by molar-refractivity contribution is 0.0908. The van der Waals surface area contributed by atoms with Crippen LogP contribution in [0.3, 0.4) is 0 Å². The molecule has 118 valence electrons. The smallest absolute Gasteiger partial charge is 0.252 e. The molecule has 0 aliphatic rings. The first kappa shape index (κ1) is 17.7. The van der Waals surface area contributed by atoms with Crippen molar-refractivity contribution in [3.8, 4) is 0 Å². The fraction of sp³-hybridized carbons (Fsp3) is 0.533. The molecule has 0 aromatic heterocycles. The van der Waals surface area contributed by atoms with E-state index in [1.165, 1.54) is 6.07 Å². The number of nitrogens with two attached hydrogens (primary N) is 1. The van der Waals surface area contributed by atoms with Crippen molar-refractivity contribution in [2.75, 3.05) is 0 Å². The number of benzene rings is 1. The van der Waals surface area contributed by atoms with Crippen molar-refractivity contribution in [1.82, 2.24) is 5.32 Å². The van der Waals surface area contributed by atoms with Gasteiger partial charge in [-0.15, -0.1) is 0 Å². The number of amides is 1. The molecule has 1 aromatic rings. The van der Waals surface area contributed by atoms with Crippen LogP contribution in [0, 0.1) is 13.8 Å². The van der Waals surface area contributed by atoms with E-state index in [9.17, 15) is 13.2 Å². The maximum absolute atomic E-state index is 12.4. The van der Waals surface area contributed by atoms with Gasteiger partial charge in [-0.3, -0.25) is 4.79 Å². The SMILES string of the molecule is CCCC(C)(C)NC(=O)c1cc(S(N)(=O)=O)c(C)cc1C. The number of sulfonamides is 1. The Hall–Kier alpha value is -1.40. The predicted octanol–water partition coefficient (Wildman–Crippen LogP) is 2.26. The Labute approximate surface area is 127 Å². The molecule has 3 N–H and O–H groups in total. The van der Waals surface area contributed by atoms with Crippen molar-refractivity contribution in [2.45, 2.75) is 57.9 Å². The van der Waals surface area contributed by atoms with Crippen LogP contribution >= 0.6 is 0 Å². The maximum atomic E-state index is 12.4. The van der Waals surface area contributed by atoms with Gasteiger partial charge >= 0.3 is 0 Å². The Morgan fingerprint density at radius 3 is 2.29 bits per heavy atom. The number of primary sulfonamides is 1. The second-order valence-corrected chi connectivity index (χ2v) is 7.60. The third-order valence-electron chi connectivity index (χ3n) is 3.40. The van der Waals surface area contributed by atoms with Crippen LogP contribution in [-0.4, -0.2) is 19.9 Å². The van der Waals surface area contributed by atoms with Crippen LogP contribution in [0.5, 0.6) is 0 Å². The average Bonchev–Trinajstić information content (AvgIpc) is 2.25. The largest absolute Gasteiger partial charge is 0.347 e. The number of carbonyl (C=O) groups is 1. The Morgan fingerprint density at radius 1 is 1.24 bits per heavy atom. The highest BCUT2D eigenvalue weighted by atomic mass is 32.2. The maximum Gasteiger partial charge on any atom is 0.252 e. The molecule has 5 nitrogen and oxygen atoms in total. The van der Waals surface area contributed by atoms with Gasteiger partial charge in [0.2, 0.25) is 10.0 Å². The van der Waals surface area contributed by atoms with Gasteiger partial charge in [0.05, 0.1) is 4.90 Å². The highest BCUT2D eigenvalue weighted by Crippen LogP contribution is 2.21. The van der Waals surface area contributed by atoms with Gasteiger partial charge in [0, 0.05) is 11.1 Å². The molecule has 1 amide bonds. The number of carbonyl (C=O) groups excluding carboxylic acids is 1. The number of hydrogen-bond acceptors (Lipinski definition) is 3. The molecule has 0 saturated carbocycles. The summed E-state index contributed by atoms with van der Waals surface area (Å²) in [5.41, 5.74) is 1.27. The zero-order valence-corrected chi connectivity index (χ0v) is 14.1. The van der Waals surface area contributed by atoms with Gasteiger partial charge in [-0.1, -0.05) is 19.4 Å². The number of rotatable bonds is 5. The molecule has 0 unspecified atom stereocenters. The quantitative estimate of drug-likeness (QED) is 0.874. The minimum absolute atomic E-state index is 0.00783. The summed E-state index contributed by atoms with van der Waals surface area (Å²) in [6.07, 6.45) is 1.79. The molecule has 0 bridgehead atoms. The summed E-state index contributed by atoms with van der Waals surface area (Å²) in [6.45, 7) is 9.37. The van der Waals surface area contributed by atoms with Crippen LogP contribution in [0.2, 0.25) is 0 Å². The van der Waals surface area contributed by atoms with E-state index in [1.807, 2.05) is 20.8 Å². The van der Waals surface area contributed by atoms with Crippen molar-refractivity contribution in [1.29, 1.82) is 0 Å². The summed E-state index contributed by atoms with van der Waals surface area (Å²) in [4.78, 5) is 12.4. The first-order chi connectivity index (χ1) is 9.48. The number of aryl methyl sites for hydroxylation is 2. The fourth-order valence-corrected chi connectivity index (χ4v) is 3.24. The average molecular weight is 312 g/mol. The molecule has 0 spiro atoms. The monoisotopic (exact) mass is 312 g/mol. The van der Waals surface area contributed by atoms with Crippen molar-refractivity contribution in [3.05, 3.63) is 28.8 Å². The van der Waals surface area contributed by atoms with Crippen molar-refractivity contribution in [3.63, 3.8) is 0 Å². The Bertz CT molecular complexity index is 649. The van der Waals surface area contributed by atoms with Gasteiger partial charge in [0.15, 0.2) is 0 Å². The molecule has 0 aliphatic heterocycles. The van der Waals surface area contributed by atoms with Crippen LogP contribution in [0.15, 0.2) is 17.0 Å². The zero-order valence-electron chi connectivity index (χ0n) is 13.3. The highest BCUT2D eigenvalue weighted by Gasteiger charge is 2.23. The van der Waals surface area contributed by atoms with Gasteiger partial charge in [0.1, 0.15) is 0 Å². The van der Waals surface area contributed by atoms with E-state index in [0.29, 0.717) is 11.1 Å². The molecule has 1 rings (SSSR count). The molecule has 0 aliphatic carbocycles. The second kappa shape index (κ2) is 6.15. The van der Waals surface area contributed by atoms with Gasteiger partial charge in [-0.2, -0.15) is 0 Å². The van der Waals surface area contributed by atoms with Gasteiger partial charge in [-0.05, 0) is 51.3 Å². The highest BCUT2D eigenvalue weighted by molar-refractivity contribution is 7.89. The molecule has 0 radical (unpaired) electrons. The third-order valence-corrected chi connectivity index (χ3v) is 4.45. The van der Waals surface area contributed by atoms with E-state index >= 15 is 0 Å². The lowest BCUT2D eigenvalue weighted by Crippen LogP contribution is -2.43. The van der Waals surface area contributed by atoms with Gasteiger partial charge in [0.25, 0.3) is 5.91 Å². The van der Waals surface area contributed by atoms with Gasteiger partial charge in [-0.25, -0.2) is 13.6 Å². The summed E-state index contributed by atoms with van der Waals surface area (Å²) in [5, 5.41) is 8.13. The molecular formula is C15H24N2O3S. The van der Waals surface area contributed by atoms with E-state index in [2.05, 4.69) is 5.32 Å². The summed E-state index contributed by atoms with van der Waals surface area (Å²) < 4.78 is 23.1. The fourth-order valence-electron chi connectivity index (χ4n) is 2.45. The first-order valence-corrected chi connectivity index (χ1v) is 8.49. The van der Waals surface area contributed by atoms with Gasteiger partial charge < -0.3 is 5.32 Å². The summed E-state index contributed by atoms with van der Waals surface area (Å²) >= 11 is 0. The summed E-state index contributed by atoms with van der Waals surface area (Å²) in [7, 11) is -3.84. The molecule has 0 saturated heterocycles. The van der Waals surface area contributed by atoms with E-state index in [4.69, 9.17) is 5.14 Å². The van der Waals surface area contributed by atoms with Crippen LogP contribution < -0.4 is 10.5 Å². The van der Waals surface area contributed by atoms with Crippen molar-refractivity contribution >= 4 is 15.9 Å². The lowest BCUT2D eigenvalue weighted by atomic mass is 9.97. The minimum Gasteiger partial charge on any atom is -0.347 e. The lowest BCUT2D eigenvalue weighted by Gasteiger charge is -2.26. The Balaban J connectivity index is 3.22. The molecule has 0 atom stereocenters.